The normalized spacial score (nSPS) is 21.8. The van der Waals surface area contributed by atoms with Gasteiger partial charge in [0.05, 0.1) is 18.0 Å². The standard InChI is InChI=1S/C20H22F2N4O4S/c21-14-8-15(22)17(31(29,30)26-11-3-5-12(27)6-4-11)7-13(14)16-9-24-20(23)18(25-16)19(28)10-1-2-10/h7-12,26-27H,1-6H2,(H2,23,24). The fourth-order valence-corrected chi connectivity index (χ4v) is 5.05. The monoisotopic (exact) mass is 452 g/mol. The van der Waals surface area contributed by atoms with E-state index in [1.807, 2.05) is 0 Å². The molecule has 2 saturated carbocycles. The lowest BCUT2D eigenvalue weighted by Crippen LogP contribution is -2.38. The first-order chi connectivity index (χ1) is 14.7. The molecule has 2 aromatic rings. The van der Waals surface area contributed by atoms with Crippen molar-refractivity contribution in [1.29, 1.82) is 0 Å². The number of Topliss-reactive ketones (excluding diaryl/α,β-unsaturated/α-hetero) is 1. The number of benzene rings is 1. The van der Waals surface area contributed by atoms with Crippen molar-refractivity contribution in [3.05, 3.63) is 35.7 Å². The van der Waals surface area contributed by atoms with Crippen LogP contribution >= 0.6 is 0 Å². The maximum Gasteiger partial charge on any atom is 0.243 e. The van der Waals surface area contributed by atoms with Crippen molar-refractivity contribution in [3.63, 3.8) is 0 Å². The Morgan fingerprint density at radius 1 is 1.10 bits per heavy atom. The van der Waals surface area contributed by atoms with Crippen LogP contribution in [0.25, 0.3) is 11.3 Å². The van der Waals surface area contributed by atoms with Gasteiger partial charge in [0.2, 0.25) is 10.0 Å². The van der Waals surface area contributed by atoms with E-state index < -0.39 is 38.7 Å². The highest BCUT2D eigenvalue weighted by Gasteiger charge is 2.33. The number of carbonyl (C=O) groups is 1. The maximum absolute atomic E-state index is 14.5. The molecule has 11 heteroatoms. The Hall–Kier alpha value is -2.50. The highest BCUT2D eigenvalue weighted by atomic mass is 32.2. The lowest BCUT2D eigenvalue weighted by Gasteiger charge is -2.26. The molecule has 0 spiro atoms. The molecule has 31 heavy (non-hydrogen) atoms. The second-order valence-corrected chi connectivity index (χ2v) is 9.70. The number of sulfonamides is 1. The number of aromatic nitrogens is 2. The van der Waals surface area contributed by atoms with E-state index in [-0.39, 0.29) is 34.5 Å². The number of ketones is 1. The highest BCUT2D eigenvalue weighted by Crippen LogP contribution is 2.34. The molecular formula is C20H22F2N4O4S. The molecule has 2 aliphatic carbocycles. The number of hydrogen-bond acceptors (Lipinski definition) is 7. The second kappa shape index (κ2) is 8.21. The fraction of sp³-hybridized carbons (Fsp3) is 0.450. The number of halogens is 2. The van der Waals surface area contributed by atoms with Crippen molar-refractivity contribution in [3.8, 4) is 11.3 Å². The third kappa shape index (κ3) is 4.58. The molecule has 0 unspecified atom stereocenters. The fourth-order valence-electron chi connectivity index (χ4n) is 3.66. The lowest BCUT2D eigenvalue weighted by atomic mass is 9.94. The number of rotatable bonds is 6. The maximum atomic E-state index is 14.5. The first-order valence-electron chi connectivity index (χ1n) is 10.0. The molecule has 2 fully saturated rings. The number of anilines is 1. The molecule has 0 atom stereocenters. The molecule has 0 aliphatic heterocycles. The number of nitrogens with one attached hydrogen (secondary N) is 1. The lowest BCUT2D eigenvalue weighted by molar-refractivity contribution is 0.0963. The topological polar surface area (TPSA) is 135 Å². The van der Waals surface area contributed by atoms with Crippen molar-refractivity contribution in [1.82, 2.24) is 14.7 Å². The molecule has 4 N–H and O–H groups in total. The summed E-state index contributed by atoms with van der Waals surface area (Å²) in [4.78, 5) is 19.6. The van der Waals surface area contributed by atoms with Crippen molar-refractivity contribution >= 4 is 21.6 Å². The van der Waals surface area contributed by atoms with Gasteiger partial charge in [0.15, 0.2) is 11.6 Å². The van der Waals surface area contributed by atoms with Gasteiger partial charge in [-0.25, -0.2) is 31.9 Å². The zero-order valence-electron chi connectivity index (χ0n) is 16.5. The average molecular weight is 452 g/mol. The van der Waals surface area contributed by atoms with E-state index >= 15 is 0 Å². The summed E-state index contributed by atoms with van der Waals surface area (Å²) in [5.41, 5.74) is 5.21. The van der Waals surface area contributed by atoms with E-state index in [0.29, 0.717) is 44.6 Å². The first kappa shape index (κ1) is 21.7. The van der Waals surface area contributed by atoms with Gasteiger partial charge >= 0.3 is 0 Å². The molecule has 4 rings (SSSR count). The minimum atomic E-state index is -4.31. The summed E-state index contributed by atoms with van der Waals surface area (Å²) in [6.45, 7) is 0. The SMILES string of the molecule is Nc1ncc(-c2cc(S(=O)(=O)NC3CCC(O)CC3)c(F)cc2F)nc1C(=O)C1CC1. The summed E-state index contributed by atoms with van der Waals surface area (Å²) in [7, 11) is -4.31. The Balaban J connectivity index is 1.68. The third-order valence-electron chi connectivity index (χ3n) is 5.59. The molecule has 166 valence electrons. The molecule has 0 radical (unpaired) electrons. The van der Waals surface area contributed by atoms with E-state index in [4.69, 9.17) is 5.73 Å². The molecule has 2 aliphatic rings. The second-order valence-electron chi connectivity index (χ2n) is 8.02. The summed E-state index contributed by atoms with van der Waals surface area (Å²) in [6, 6.07) is 0.853. The summed E-state index contributed by atoms with van der Waals surface area (Å²) in [5, 5.41) is 9.57. The first-order valence-corrected chi connectivity index (χ1v) is 11.5. The largest absolute Gasteiger partial charge is 0.393 e. The van der Waals surface area contributed by atoms with Crippen LogP contribution in [0.4, 0.5) is 14.6 Å². The van der Waals surface area contributed by atoms with Gasteiger partial charge in [-0.05, 0) is 44.6 Å². The number of aliphatic hydroxyl groups is 1. The summed E-state index contributed by atoms with van der Waals surface area (Å²) >= 11 is 0. The van der Waals surface area contributed by atoms with Gasteiger partial charge in [-0.2, -0.15) is 0 Å². The quantitative estimate of drug-likeness (QED) is 0.572. The van der Waals surface area contributed by atoms with Crippen molar-refractivity contribution in [2.45, 2.75) is 55.6 Å². The number of nitrogens with two attached hydrogens (primary N) is 1. The van der Waals surface area contributed by atoms with Crippen molar-refractivity contribution in [2.75, 3.05) is 5.73 Å². The number of aliphatic hydroxyl groups excluding tert-OH is 1. The molecule has 1 heterocycles. The van der Waals surface area contributed by atoms with Gasteiger partial charge in [-0.1, -0.05) is 0 Å². The van der Waals surface area contributed by atoms with Gasteiger partial charge in [-0.15, -0.1) is 0 Å². The van der Waals surface area contributed by atoms with Crippen LogP contribution in [0.2, 0.25) is 0 Å². The van der Waals surface area contributed by atoms with Crippen LogP contribution in [-0.2, 0) is 10.0 Å². The zero-order valence-corrected chi connectivity index (χ0v) is 17.3. The van der Waals surface area contributed by atoms with Crippen LogP contribution in [0.3, 0.4) is 0 Å². The van der Waals surface area contributed by atoms with Crippen molar-refractivity contribution in [2.24, 2.45) is 5.92 Å². The Kier molecular flexibility index (Phi) is 5.75. The van der Waals surface area contributed by atoms with Crippen LogP contribution in [-0.4, -0.2) is 41.4 Å². The molecule has 8 nitrogen and oxygen atoms in total. The van der Waals surface area contributed by atoms with Crippen LogP contribution in [0.5, 0.6) is 0 Å². The smallest absolute Gasteiger partial charge is 0.243 e. The highest BCUT2D eigenvalue weighted by molar-refractivity contribution is 7.89. The van der Waals surface area contributed by atoms with Crippen LogP contribution in [0, 0.1) is 17.6 Å². The summed E-state index contributed by atoms with van der Waals surface area (Å²) < 4.78 is 57.0. The minimum absolute atomic E-state index is 0.0998. The van der Waals surface area contributed by atoms with E-state index in [9.17, 15) is 27.1 Å². The average Bonchev–Trinajstić information content (AvgIpc) is 3.55. The molecule has 1 aromatic heterocycles. The van der Waals surface area contributed by atoms with Crippen LogP contribution in [0.1, 0.15) is 49.0 Å². The van der Waals surface area contributed by atoms with Crippen LogP contribution in [0.15, 0.2) is 23.2 Å². The molecule has 0 amide bonds. The Morgan fingerprint density at radius 2 is 1.77 bits per heavy atom. The van der Waals surface area contributed by atoms with Gasteiger partial charge in [0.1, 0.15) is 22.2 Å². The van der Waals surface area contributed by atoms with Gasteiger partial charge in [0.25, 0.3) is 0 Å². The van der Waals surface area contributed by atoms with E-state index in [1.165, 1.54) is 0 Å². The number of hydrogen-bond donors (Lipinski definition) is 3. The Labute approximate surface area is 178 Å². The number of nitrogens with zero attached hydrogens (tertiary/aromatic N) is 2. The van der Waals surface area contributed by atoms with Gasteiger partial charge in [-0.3, -0.25) is 4.79 Å². The molecule has 1 aromatic carbocycles. The summed E-state index contributed by atoms with van der Waals surface area (Å²) in [6.07, 6.45) is 3.74. The van der Waals surface area contributed by atoms with E-state index in [1.54, 1.807) is 0 Å². The summed E-state index contributed by atoms with van der Waals surface area (Å²) in [5.74, 6) is -2.89. The third-order valence-corrected chi connectivity index (χ3v) is 7.12. The van der Waals surface area contributed by atoms with Gasteiger partial charge in [0, 0.05) is 23.6 Å². The van der Waals surface area contributed by atoms with E-state index in [0.717, 1.165) is 12.3 Å². The minimum Gasteiger partial charge on any atom is -0.393 e. The van der Waals surface area contributed by atoms with Crippen molar-refractivity contribution < 1.29 is 27.1 Å². The molecular weight excluding hydrogens is 430 g/mol. The Morgan fingerprint density at radius 3 is 2.42 bits per heavy atom. The predicted molar refractivity (Wildman–Crippen MR) is 107 cm³/mol. The predicted octanol–water partition coefficient (Wildman–Crippen LogP) is 2.18. The van der Waals surface area contributed by atoms with Gasteiger partial charge < -0.3 is 10.8 Å². The van der Waals surface area contributed by atoms with Crippen LogP contribution < -0.4 is 10.5 Å². The molecule has 0 saturated heterocycles. The number of nitrogen functional groups attached to an aromatic ring is 1. The van der Waals surface area contributed by atoms with E-state index in [2.05, 4.69) is 14.7 Å². The molecule has 0 bridgehead atoms. The Bertz CT molecular complexity index is 1130. The zero-order chi connectivity index (χ0) is 22.3. The number of carbonyl (C=O) groups excluding carboxylic acids is 1.